The third-order valence-corrected chi connectivity index (χ3v) is 7.56. The minimum absolute atomic E-state index is 0.261. The number of carboxylic acid groups (broad SMARTS) is 1. The summed E-state index contributed by atoms with van der Waals surface area (Å²) in [4.78, 5) is 22.8. The monoisotopic (exact) mass is 478 g/mol. The van der Waals surface area contributed by atoms with Crippen LogP contribution in [0.3, 0.4) is 0 Å². The number of pyridine rings is 1. The maximum Gasteiger partial charge on any atom is 0.303 e. The summed E-state index contributed by atoms with van der Waals surface area (Å²) < 4.78 is 7.50. The molecule has 35 heavy (non-hydrogen) atoms. The summed E-state index contributed by atoms with van der Waals surface area (Å²) in [7, 11) is 3.74. The Morgan fingerprint density at radius 1 is 1.11 bits per heavy atom. The summed E-state index contributed by atoms with van der Waals surface area (Å²) >= 11 is 0. The molecule has 3 aromatic rings. The van der Waals surface area contributed by atoms with Gasteiger partial charge in [-0.2, -0.15) is 0 Å². The van der Waals surface area contributed by atoms with E-state index in [0.717, 1.165) is 87.1 Å². The highest BCUT2D eigenvalue weighted by Crippen LogP contribution is 2.32. The molecular formula is C28H38N4O3. The van der Waals surface area contributed by atoms with Crippen molar-refractivity contribution < 1.29 is 14.6 Å². The second-order valence-corrected chi connectivity index (χ2v) is 9.85. The Kier molecular flexibility index (Phi) is 8.74. The van der Waals surface area contributed by atoms with Crippen LogP contribution in [0.15, 0.2) is 42.9 Å². The number of carbonyl (C=O) groups is 1. The quantitative estimate of drug-likeness (QED) is 0.405. The summed E-state index contributed by atoms with van der Waals surface area (Å²) in [5.74, 6) is 2.33. The van der Waals surface area contributed by atoms with Gasteiger partial charge in [-0.25, -0.2) is 4.98 Å². The van der Waals surface area contributed by atoms with Crippen molar-refractivity contribution in [2.45, 2.75) is 51.4 Å². The Hall–Kier alpha value is -2.93. The fourth-order valence-corrected chi connectivity index (χ4v) is 5.56. The molecule has 2 unspecified atom stereocenters. The number of carboxylic acids is 1. The van der Waals surface area contributed by atoms with Crippen LogP contribution in [0, 0.1) is 11.8 Å². The molecule has 7 heteroatoms. The largest absolute Gasteiger partial charge is 0.497 e. The van der Waals surface area contributed by atoms with E-state index in [-0.39, 0.29) is 6.42 Å². The van der Waals surface area contributed by atoms with Gasteiger partial charge < -0.3 is 19.3 Å². The number of imidazole rings is 1. The smallest absolute Gasteiger partial charge is 0.303 e. The van der Waals surface area contributed by atoms with Crippen LogP contribution in [-0.4, -0.2) is 57.3 Å². The first-order valence-corrected chi connectivity index (χ1v) is 12.9. The molecule has 1 N–H and O–H groups in total. The number of aromatic nitrogens is 3. The number of hydrogen-bond acceptors (Lipinski definition) is 5. The average Bonchev–Trinajstić information content (AvgIpc) is 3.28. The predicted octanol–water partition coefficient (Wildman–Crippen LogP) is 4.74. The minimum atomic E-state index is -0.687. The number of nitrogens with zero attached hydrogens (tertiary/aromatic N) is 4. The first-order valence-electron chi connectivity index (χ1n) is 12.9. The first-order chi connectivity index (χ1) is 17.0. The number of aryl methyl sites for hydroxylation is 3. The molecule has 2 aromatic heterocycles. The summed E-state index contributed by atoms with van der Waals surface area (Å²) in [5, 5.41) is 10.5. The second kappa shape index (κ2) is 12.2. The van der Waals surface area contributed by atoms with Gasteiger partial charge in [-0.05, 0) is 93.3 Å². The molecule has 0 bridgehead atoms. The molecule has 0 amide bonds. The van der Waals surface area contributed by atoms with Crippen LogP contribution >= 0.6 is 0 Å². The van der Waals surface area contributed by atoms with Crippen molar-refractivity contribution in [3.8, 4) is 5.75 Å². The van der Waals surface area contributed by atoms with Crippen LogP contribution in [0.25, 0.3) is 10.9 Å². The molecule has 188 valence electrons. The topological polar surface area (TPSA) is 80.5 Å². The van der Waals surface area contributed by atoms with E-state index in [0.29, 0.717) is 11.8 Å². The summed E-state index contributed by atoms with van der Waals surface area (Å²) in [5.41, 5.74) is 2.31. The van der Waals surface area contributed by atoms with Gasteiger partial charge in [-0.3, -0.25) is 9.78 Å². The van der Waals surface area contributed by atoms with Crippen molar-refractivity contribution >= 4 is 16.9 Å². The standard InChI is InChI=1S/C28H38N4O3/c1-31-18-15-30-27(31)7-4-16-32-17-13-21(23(20-32)8-11-28(33)34)5-3-6-22-12-14-29-26-10-9-24(35-2)19-25(22)26/h9-10,12,14-15,18-19,21,23H,3-8,11,13,16-17,20H2,1-2H3,(H,33,34). The number of aliphatic carboxylic acids is 1. The highest BCUT2D eigenvalue weighted by molar-refractivity contribution is 5.83. The maximum atomic E-state index is 11.3. The van der Waals surface area contributed by atoms with Gasteiger partial charge in [0.2, 0.25) is 0 Å². The molecule has 2 atom stereocenters. The van der Waals surface area contributed by atoms with E-state index in [4.69, 9.17) is 4.74 Å². The maximum absolute atomic E-state index is 11.3. The van der Waals surface area contributed by atoms with Crippen molar-refractivity contribution in [2.75, 3.05) is 26.7 Å². The van der Waals surface area contributed by atoms with Gasteiger partial charge in [0.25, 0.3) is 0 Å². The molecular weight excluding hydrogens is 440 g/mol. The van der Waals surface area contributed by atoms with E-state index in [2.05, 4.69) is 31.6 Å². The molecule has 0 saturated carbocycles. The van der Waals surface area contributed by atoms with Crippen molar-refractivity contribution in [2.24, 2.45) is 18.9 Å². The highest BCUT2D eigenvalue weighted by atomic mass is 16.5. The zero-order chi connectivity index (χ0) is 24.6. The molecule has 0 aliphatic carbocycles. The van der Waals surface area contributed by atoms with Gasteiger partial charge in [-0.1, -0.05) is 0 Å². The summed E-state index contributed by atoms with van der Waals surface area (Å²) in [6.45, 7) is 3.16. The number of rotatable bonds is 12. The zero-order valence-electron chi connectivity index (χ0n) is 21.0. The Balaban J connectivity index is 1.32. The Morgan fingerprint density at radius 2 is 2.00 bits per heavy atom. The minimum Gasteiger partial charge on any atom is -0.497 e. The average molecular weight is 479 g/mol. The van der Waals surface area contributed by atoms with E-state index in [9.17, 15) is 9.90 Å². The van der Waals surface area contributed by atoms with Gasteiger partial charge in [0, 0.05) is 50.4 Å². The third-order valence-electron chi connectivity index (χ3n) is 7.56. The molecule has 1 aliphatic rings. The number of piperidine rings is 1. The number of ether oxygens (including phenoxy) is 1. The molecule has 3 heterocycles. The lowest BCUT2D eigenvalue weighted by Gasteiger charge is -2.39. The van der Waals surface area contributed by atoms with Gasteiger partial charge in [0.05, 0.1) is 12.6 Å². The van der Waals surface area contributed by atoms with Crippen LogP contribution in [0.1, 0.15) is 49.9 Å². The first kappa shape index (κ1) is 25.2. The lowest BCUT2D eigenvalue weighted by atomic mass is 9.79. The number of benzene rings is 1. The molecule has 1 saturated heterocycles. The number of fused-ring (bicyclic) bond motifs is 1. The van der Waals surface area contributed by atoms with Gasteiger partial charge in [0.15, 0.2) is 0 Å². The predicted molar refractivity (Wildman–Crippen MR) is 138 cm³/mol. The molecule has 0 spiro atoms. The third kappa shape index (κ3) is 6.82. The van der Waals surface area contributed by atoms with Gasteiger partial charge >= 0.3 is 5.97 Å². The molecule has 4 rings (SSSR count). The normalized spacial score (nSPS) is 18.7. The molecule has 1 aromatic carbocycles. The van der Waals surface area contributed by atoms with Crippen molar-refractivity contribution in [3.05, 3.63) is 54.2 Å². The van der Waals surface area contributed by atoms with E-state index < -0.39 is 5.97 Å². The van der Waals surface area contributed by atoms with E-state index >= 15 is 0 Å². The number of likely N-dealkylation sites (tertiary alicyclic amines) is 1. The number of hydrogen-bond donors (Lipinski definition) is 1. The molecule has 1 fully saturated rings. The van der Waals surface area contributed by atoms with Gasteiger partial charge in [-0.15, -0.1) is 0 Å². The Bertz CT molecular complexity index is 1110. The molecule has 0 radical (unpaired) electrons. The van der Waals surface area contributed by atoms with E-state index in [1.807, 2.05) is 37.8 Å². The van der Waals surface area contributed by atoms with Crippen LogP contribution in [-0.2, 0) is 24.7 Å². The fraction of sp³-hybridized carbons (Fsp3) is 0.536. The van der Waals surface area contributed by atoms with E-state index in [1.165, 1.54) is 5.56 Å². The summed E-state index contributed by atoms with van der Waals surface area (Å²) in [6, 6.07) is 8.17. The second-order valence-electron chi connectivity index (χ2n) is 9.85. The Morgan fingerprint density at radius 3 is 2.77 bits per heavy atom. The lowest BCUT2D eigenvalue weighted by molar-refractivity contribution is -0.137. The van der Waals surface area contributed by atoms with Gasteiger partial charge in [0.1, 0.15) is 11.6 Å². The SMILES string of the molecule is COc1ccc2nccc(CCCC3CCN(CCCc4nccn4C)CC3CCC(=O)O)c2c1. The highest BCUT2D eigenvalue weighted by Gasteiger charge is 2.29. The molecule has 1 aliphatic heterocycles. The van der Waals surface area contributed by atoms with E-state index in [1.54, 1.807) is 7.11 Å². The summed E-state index contributed by atoms with van der Waals surface area (Å²) in [6.07, 6.45) is 13.2. The van der Waals surface area contributed by atoms with Crippen LogP contribution < -0.4 is 4.74 Å². The molecule has 7 nitrogen and oxygen atoms in total. The van der Waals surface area contributed by atoms with Crippen molar-refractivity contribution in [1.29, 1.82) is 0 Å². The van der Waals surface area contributed by atoms with Crippen LogP contribution in [0.2, 0.25) is 0 Å². The number of methoxy groups -OCH3 is 1. The van der Waals surface area contributed by atoms with Crippen LogP contribution in [0.4, 0.5) is 0 Å². The van der Waals surface area contributed by atoms with Crippen LogP contribution in [0.5, 0.6) is 5.75 Å². The lowest BCUT2D eigenvalue weighted by Crippen LogP contribution is -2.41. The fourth-order valence-electron chi connectivity index (χ4n) is 5.56. The van der Waals surface area contributed by atoms with Crippen molar-refractivity contribution in [3.63, 3.8) is 0 Å². The van der Waals surface area contributed by atoms with Crippen molar-refractivity contribution in [1.82, 2.24) is 19.4 Å². The zero-order valence-corrected chi connectivity index (χ0v) is 21.0. The Labute approximate surface area is 208 Å².